The third-order valence-electron chi connectivity index (χ3n) is 6.10. The largest absolute Gasteiger partial charge is 0.339 e. The summed E-state index contributed by atoms with van der Waals surface area (Å²) in [6, 6.07) is 26.0. The lowest BCUT2D eigenvalue weighted by Crippen LogP contribution is -2.49. The van der Waals surface area contributed by atoms with E-state index >= 15 is 0 Å². The molecule has 7 heteroatoms. The number of hydrogen-bond acceptors (Lipinski definition) is 5. The lowest BCUT2D eigenvalue weighted by Gasteiger charge is -2.36. The molecule has 1 aliphatic heterocycles. The number of carbonyl (C=O) groups excluding carboxylic acids is 1. The molecule has 1 amide bonds. The SMILES string of the molecule is O=C(C(c1ccccc1)c1ccccc1)N1CCN(Cc2noc(-c3cccc(F)c3)n2)CC1. The average Bonchev–Trinajstić information content (AvgIpc) is 3.34. The van der Waals surface area contributed by atoms with Crippen LogP contribution in [0.5, 0.6) is 0 Å². The average molecular weight is 457 g/mol. The minimum Gasteiger partial charge on any atom is -0.339 e. The van der Waals surface area contributed by atoms with Crippen LogP contribution >= 0.6 is 0 Å². The van der Waals surface area contributed by atoms with Gasteiger partial charge in [0.05, 0.1) is 12.5 Å². The van der Waals surface area contributed by atoms with Crippen molar-refractivity contribution in [1.29, 1.82) is 0 Å². The summed E-state index contributed by atoms with van der Waals surface area (Å²) in [7, 11) is 0. The number of benzene rings is 3. The van der Waals surface area contributed by atoms with Crippen LogP contribution < -0.4 is 0 Å². The smallest absolute Gasteiger partial charge is 0.258 e. The molecule has 5 rings (SSSR count). The van der Waals surface area contributed by atoms with Crippen molar-refractivity contribution in [2.24, 2.45) is 0 Å². The first-order chi connectivity index (χ1) is 16.7. The Morgan fingerprint density at radius 2 is 1.53 bits per heavy atom. The van der Waals surface area contributed by atoms with E-state index in [0.717, 1.165) is 11.1 Å². The molecule has 1 aliphatic rings. The van der Waals surface area contributed by atoms with Gasteiger partial charge in [0.15, 0.2) is 5.82 Å². The van der Waals surface area contributed by atoms with Crippen molar-refractivity contribution in [1.82, 2.24) is 19.9 Å². The Morgan fingerprint density at radius 3 is 2.15 bits per heavy atom. The van der Waals surface area contributed by atoms with Gasteiger partial charge in [-0.1, -0.05) is 71.9 Å². The Hall–Kier alpha value is -3.84. The van der Waals surface area contributed by atoms with Gasteiger partial charge in [-0.2, -0.15) is 4.98 Å². The van der Waals surface area contributed by atoms with E-state index in [4.69, 9.17) is 4.52 Å². The maximum Gasteiger partial charge on any atom is 0.258 e. The molecule has 34 heavy (non-hydrogen) atoms. The fraction of sp³-hybridized carbons (Fsp3) is 0.222. The number of piperazine rings is 1. The molecule has 1 saturated heterocycles. The molecule has 2 heterocycles. The zero-order valence-corrected chi connectivity index (χ0v) is 18.7. The monoisotopic (exact) mass is 456 g/mol. The van der Waals surface area contributed by atoms with Gasteiger partial charge in [0.2, 0.25) is 5.91 Å². The minimum atomic E-state index is -0.345. The van der Waals surface area contributed by atoms with Gasteiger partial charge >= 0.3 is 0 Å². The zero-order chi connectivity index (χ0) is 23.3. The van der Waals surface area contributed by atoms with Crippen LogP contribution in [0.1, 0.15) is 22.9 Å². The number of halogens is 1. The van der Waals surface area contributed by atoms with Crippen molar-refractivity contribution < 1.29 is 13.7 Å². The second-order valence-corrected chi connectivity index (χ2v) is 8.38. The highest BCUT2D eigenvalue weighted by Crippen LogP contribution is 2.27. The number of aromatic nitrogens is 2. The van der Waals surface area contributed by atoms with Crippen molar-refractivity contribution in [2.75, 3.05) is 26.2 Å². The quantitative estimate of drug-likeness (QED) is 0.432. The highest BCUT2D eigenvalue weighted by Gasteiger charge is 2.30. The second-order valence-electron chi connectivity index (χ2n) is 8.38. The van der Waals surface area contributed by atoms with Crippen LogP contribution in [0.4, 0.5) is 4.39 Å². The summed E-state index contributed by atoms with van der Waals surface area (Å²) in [5.74, 6) is 0.301. The lowest BCUT2D eigenvalue weighted by molar-refractivity contribution is -0.133. The van der Waals surface area contributed by atoms with Crippen LogP contribution in [0.2, 0.25) is 0 Å². The standard InChI is InChI=1S/C27H25FN4O2/c28-23-13-7-12-22(18-23)26-29-24(30-34-26)19-31-14-16-32(17-15-31)27(33)25(20-8-3-1-4-9-20)21-10-5-2-6-11-21/h1-13,18,25H,14-17,19H2. The molecule has 0 radical (unpaired) electrons. The molecule has 172 valence electrons. The van der Waals surface area contributed by atoms with Gasteiger partial charge in [-0.3, -0.25) is 9.69 Å². The van der Waals surface area contributed by atoms with Crippen LogP contribution in [0.25, 0.3) is 11.5 Å². The predicted octanol–water partition coefficient (Wildman–Crippen LogP) is 4.35. The van der Waals surface area contributed by atoms with Gasteiger partial charge in [-0.05, 0) is 29.3 Å². The van der Waals surface area contributed by atoms with E-state index in [1.54, 1.807) is 12.1 Å². The van der Waals surface area contributed by atoms with E-state index in [-0.39, 0.29) is 17.6 Å². The Kier molecular flexibility index (Phi) is 6.44. The number of amides is 1. The molecule has 1 aromatic heterocycles. The van der Waals surface area contributed by atoms with Crippen LogP contribution in [-0.2, 0) is 11.3 Å². The van der Waals surface area contributed by atoms with Crippen molar-refractivity contribution >= 4 is 5.91 Å². The third kappa shape index (κ3) is 4.89. The summed E-state index contributed by atoms with van der Waals surface area (Å²) in [6.45, 7) is 3.20. The molecule has 0 N–H and O–H groups in total. The lowest BCUT2D eigenvalue weighted by atomic mass is 9.90. The van der Waals surface area contributed by atoms with Crippen molar-refractivity contribution in [3.05, 3.63) is 108 Å². The van der Waals surface area contributed by atoms with Gasteiger partial charge in [-0.15, -0.1) is 0 Å². The van der Waals surface area contributed by atoms with Crippen LogP contribution in [0.15, 0.2) is 89.5 Å². The molecule has 0 bridgehead atoms. The summed E-state index contributed by atoms with van der Waals surface area (Å²) in [4.78, 5) is 22.1. The first kappa shape index (κ1) is 22.0. The highest BCUT2D eigenvalue weighted by molar-refractivity contribution is 5.87. The molecular weight excluding hydrogens is 431 g/mol. The summed E-state index contributed by atoms with van der Waals surface area (Å²) >= 11 is 0. The Labute approximate surface area is 197 Å². The van der Waals surface area contributed by atoms with Crippen molar-refractivity contribution in [3.8, 4) is 11.5 Å². The molecule has 3 aromatic carbocycles. The van der Waals surface area contributed by atoms with Gasteiger partial charge in [0, 0.05) is 31.7 Å². The van der Waals surface area contributed by atoms with Gasteiger partial charge in [-0.25, -0.2) is 4.39 Å². The molecule has 6 nitrogen and oxygen atoms in total. The first-order valence-electron chi connectivity index (χ1n) is 11.4. The fourth-order valence-corrected chi connectivity index (χ4v) is 4.33. The van der Waals surface area contributed by atoms with Crippen molar-refractivity contribution in [2.45, 2.75) is 12.5 Å². The summed E-state index contributed by atoms with van der Waals surface area (Å²) < 4.78 is 18.8. The molecule has 1 fully saturated rings. The minimum absolute atomic E-state index is 0.116. The Balaban J connectivity index is 1.24. The second kappa shape index (κ2) is 9.97. The maximum absolute atomic E-state index is 13.6. The number of carbonyl (C=O) groups is 1. The first-order valence-corrected chi connectivity index (χ1v) is 11.4. The molecular formula is C27H25FN4O2. The molecule has 0 aliphatic carbocycles. The summed E-state index contributed by atoms with van der Waals surface area (Å²) in [5, 5.41) is 4.05. The molecule has 0 spiro atoms. The van der Waals surface area contributed by atoms with E-state index in [9.17, 15) is 9.18 Å². The molecule has 0 saturated carbocycles. The topological polar surface area (TPSA) is 62.5 Å². The van der Waals surface area contributed by atoms with Crippen molar-refractivity contribution in [3.63, 3.8) is 0 Å². The van der Waals surface area contributed by atoms with Crippen LogP contribution in [0, 0.1) is 5.82 Å². The van der Waals surface area contributed by atoms with Crippen LogP contribution in [-0.4, -0.2) is 52.0 Å². The fourth-order valence-electron chi connectivity index (χ4n) is 4.33. The zero-order valence-electron chi connectivity index (χ0n) is 18.7. The van der Waals surface area contributed by atoms with E-state index in [2.05, 4.69) is 15.0 Å². The summed E-state index contributed by atoms with van der Waals surface area (Å²) in [5.41, 5.74) is 2.55. The van der Waals surface area contributed by atoms with Gasteiger partial charge in [0.25, 0.3) is 5.89 Å². The molecule has 0 atom stereocenters. The van der Waals surface area contributed by atoms with E-state index < -0.39 is 0 Å². The Morgan fingerprint density at radius 1 is 0.882 bits per heavy atom. The Bertz CT molecular complexity index is 1200. The van der Waals surface area contributed by atoms with Crippen LogP contribution in [0.3, 0.4) is 0 Å². The molecule has 0 unspecified atom stereocenters. The number of rotatable bonds is 6. The van der Waals surface area contributed by atoms with E-state index in [0.29, 0.717) is 50.0 Å². The predicted molar refractivity (Wildman–Crippen MR) is 126 cm³/mol. The normalized spacial score (nSPS) is 14.5. The number of hydrogen-bond donors (Lipinski definition) is 0. The third-order valence-corrected chi connectivity index (χ3v) is 6.10. The van der Waals surface area contributed by atoms with Gasteiger partial charge < -0.3 is 9.42 Å². The van der Waals surface area contributed by atoms with Gasteiger partial charge in [0.1, 0.15) is 5.82 Å². The van der Waals surface area contributed by atoms with E-state index in [1.807, 2.05) is 65.6 Å². The molecule has 4 aromatic rings. The highest BCUT2D eigenvalue weighted by atomic mass is 19.1. The number of nitrogens with zero attached hydrogens (tertiary/aromatic N) is 4. The summed E-state index contributed by atoms with van der Waals surface area (Å²) in [6.07, 6.45) is 0. The maximum atomic E-state index is 13.6. The van der Waals surface area contributed by atoms with E-state index in [1.165, 1.54) is 12.1 Å².